The predicted octanol–water partition coefficient (Wildman–Crippen LogP) is 2.56. The zero-order valence-electron chi connectivity index (χ0n) is 8.07. The van der Waals surface area contributed by atoms with Gasteiger partial charge in [0.1, 0.15) is 4.83 Å². The molecule has 1 aromatic rings. The molecule has 0 radical (unpaired) electrons. The van der Waals surface area contributed by atoms with Gasteiger partial charge in [-0.05, 0) is 18.4 Å². The van der Waals surface area contributed by atoms with Crippen LogP contribution in [0.25, 0.3) is 0 Å². The van der Waals surface area contributed by atoms with Crippen molar-refractivity contribution in [2.45, 2.75) is 17.7 Å². The monoisotopic (exact) mass is 256 g/mol. The number of halogens is 1. The smallest absolute Gasteiger partial charge is 0.319 e. The molecule has 3 heteroatoms. The normalized spacial score (nSPS) is 12.1. The van der Waals surface area contributed by atoms with E-state index in [9.17, 15) is 4.79 Å². The maximum absolute atomic E-state index is 11.1. The fourth-order valence-electron chi connectivity index (χ4n) is 1.18. The van der Waals surface area contributed by atoms with Crippen molar-refractivity contribution in [3.8, 4) is 0 Å². The van der Waals surface area contributed by atoms with Gasteiger partial charge in [0.25, 0.3) is 0 Å². The molecular formula is C11H13BrO2. The molecule has 0 amide bonds. The van der Waals surface area contributed by atoms with Gasteiger partial charge in [0, 0.05) is 0 Å². The number of hydrogen-bond donors (Lipinski definition) is 0. The van der Waals surface area contributed by atoms with E-state index in [1.165, 1.54) is 12.7 Å². The molecule has 1 aromatic carbocycles. The molecule has 0 bridgehead atoms. The summed E-state index contributed by atoms with van der Waals surface area (Å²) in [7, 11) is 1.40. The van der Waals surface area contributed by atoms with E-state index in [1.807, 2.05) is 18.2 Å². The van der Waals surface area contributed by atoms with Crippen LogP contribution in [-0.4, -0.2) is 17.9 Å². The summed E-state index contributed by atoms with van der Waals surface area (Å²) in [6.07, 6.45) is 1.64. The van der Waals surface area contributed by atoms with Crippen LogP contribution in [0.15, 0.2) is 30.3 Å². The summed E-state index contributed by atoms with van der Waals surface area (Å²) in [5, 5.41) is 0. The minimum Gasteiger partial charge on any atom is -0.468 e. The maximum Gasteiger partial charge on any atom is 0.319 e. The first-order chi connectivity index (χ1) is 6.74. The number of aryl methyl sites for hydroxylation is 1. The van der Waals surface area contributed by atoms with Gasteiger partial charge in [-0.15, -0.1) is 0 Å². The molecule has 0 aliphatic carbocycles. The van der Waals surface area contributed by atoms with E-state index < -0.39 is 0 Å². The van der Waals surface area contributed by atoms with Crippen LogP contribution in [0.4, 0.5) is 0 Å². The Morgan fingerprint density at radius 3 is 2.64 bits per heavy atom. The largest absolute Gasteiger partial charge is 0.468 e. The molecule has 0 unspecified atom stereocenters. The predicted molar refractivity (Wildman–Crippen MR) is 59.5 cm³/mol. The number of rotatable bonds is 4. The third kappa shape index (κ3) is 3.50. The molecule has 1 rings (SSSR count). The molecule has 0 saturated carbocycles. The van der Waals surface area contributed by atoms with Gasteiger partial charge < -0.3 is 4.74 Å². The van der Waals surface area contributed by atoms with Crippen molar-refractivity contribution in [2.24, 2.45) is 0 Å². The first-order valence-electron chi connectivity index (χ1n) is 4.50. The van der Waals surface area contributed by atoms with Gasteiger partial charge in [0.2, 0.25) is 0 Å². The Bertz CT molecular complexity index is 285. The Labute approximate surface area is 92.4 Å². The van der Waals surface area contributed by atoms with Crippen molar-refractivity contribution >= 4 is 21.9 Å². The van der Waals surface area contributed by atoms with Gasteiger partial charge in [0.15, 0.2) is 0 Å². The quantitative estimate of drug-likeness (QED) is 0.612. The molecule has 1 atom stereocenters. The highest BCUT2D eigenvalue weighted by Gasteiger charge is 2.14. The highest BCUT2D eigenvalue weighted by Crippen LogP contribution is 2.11. The van der Waals surface area contributed by atoms with Crippen LogP contribution >= 0.6 is 15.9 Å². The molecule has 0 heterocycles. The third-order valence-electron chi connectivity index (χ3n) is 1.99. The Balaban J connectivity index is 2.38. The summed E-state index contributed by atoms with van der Waals surface area (Å²) in [6.45, 7) is 0. The van der Waals surface area contributed by atoms with Crippen LogP contribution < -0.4 is 0 Å². The van der Waals surface area contributed by atoms with Gasteiger partial charge in [-0.2, -0.15) is 0 Å². The molecule has 0 N–H and O–H groups in total. The van der Waals surface area contributed by atoms with E-state index in [2.05, 4.69) is 32.8 Å². The zero-order chi connectivity index (χ0) is 10.4. The Kier molecular flexibility index (Phi) is 4.66. The van der Waals surface area contributed by atoms with E-state index in [4.69, 9.17) is 0 Å². The van der Waals surface area contributed by atoms with Gasteiger partial charge in [-0.25, -0.2) is 0 Å². The average Bonchev–Trinajstić information content (AvgIpc) is 2.26. The molecule has 0 aliphatic heterocycles. The summed E-state index contributed by atoms with van der Waals surface area (Å²) < 4.78 is 4.61. The van der Waals surface area contributed by atoms with E-state index in [-0.39, 0.29) is 10.8 Å². The van der Waals surface area contributed by atoms with Crippen LogP contribution in [-0.2, 0) is 16.0 Å². The van der Waals surface area contributed by atoms with Gasteiger partial charge in [-0.3, -0.25) is 4.79 Å². The molecule has 76 valence electrons. The van der Waals surface area contributed by atoms with Crippen molar-refractivity contribution in [1.29, 1.82) is 0 Å². The number of alkyl halides is 1. The van der Waals surface area contributed by atoms with Crippen molar-refractivity contribution in [2.75, 3.05) is 7.11 Å². The number of methoxy groups -OCH3 is 1. The molecule has 0 fully saturated rings. The first kappa shape index (κ1) is 11.2. The zero-order valence-corrected chi connectivity index (χ0v) is 9.66. The van der Waals surface area contributed by atoms with E-state index in [0.717, 1.165) is 12.8 Å². The van der Waals surface area contributed by atoms with Crippen molar-refractivity contribution in [3.05, 3.63) is 35.9 Å². The number of hydrogen-bond acceptors (Lipinski definition) is 2. The summed E-state index contributed by atoms with van der Waals surface area (Å²) in [6, 6.07) is 10.1. The minimum absolute atomic E-state index is 0.201. The third-order valence-corrected chi connectivity index (χ3v) is 2.82. The topological polar surface area (TPSA) is 26.3 Å². The van der Waals surface area contributed by atoms with Gasteiger partial charge in [0.05, 0.1) is 7.11 Å². The molecule has 0 saturated heterocycles. The Hall–Kier alpha value is -0.830. The van der Waals surface area contributed by atoms with Crippen LogP contribution in [0, 0.1) is 0 Å². The second-order valence-electron chi connectivity index (χ2n) is 3.01. The first-order valence-corrected chi connectivity index (χ1v) is 5.41. The summed E-state index contributed by atoms with van der Waals surface area (Å²) in [5.41, 5.74) is 1.24. The summed E-state index contributed by atoms with van der Waals surface area (Å²) in [4.78, 5) is 10.9. The van der Waals surface area contributed by atoms with Crippen LogP contribution in [0.2, 0.25) is 0 Å². The second-order valence-corrected chi connectivity index (χ2v) is 4.12. The SMILES string of the molecule is COC(=O)[C@H](Br)CCc1ccccc1. The molecule has 0 aliphatic rings. The lowest BCUT2D eigenvalue weighted by Gasteiger charge is -2.06. The Morgan fingerprint density at radius 2 is 2.07 bits per heavy atom. The number of esters is 1. The standard InChI is InChI=1S/C11H13BrO2/c1-14-11(13)10(12)8-7-9-5-3-2-4-6-9/h2-6,10H,7-8H2,1H3/t10-/m1/s1. The molecule has 2 nitrogen and oxygen atoms in total. The second kappa shape index (κ2) is 5.81. The van der Waals surface area contributed by atoms with Gasteiger partial charge in [-0.1, -0.05) is 46.3 Å². The Morgan fingerprint density at radius 1 is 1.43 bits per heavy atom. The van der Waals surface area contributed by atoms with Crippen LogP contribution in [0.3, 0.4) is 0 Å². The van der Waals surface area contributed by atoms with Crippen molar-refractivity contribution in [1.82, 2.24) is 0 Å². The van der Waals surface area contributed by atoms with E-state index >= 15 is 0 Å². The fourth-order valence-corrected chi connectivity index (χ4v) is 1.60. The fraction of sp³-hybridized carbons (Fsp3) is 0.364. The van der Waals surface area contributed by atoms with Crippen molar-refractivity contribution in [3.63, 3.8) is 0 Å². The number of carbonyl (C=O) groups excluding carboxylic acids is 1. The highest BCUT2D eigenvalue weighted by atomic mass is 79.9. The summed E-state index contributed by atoms with van der Waals surface area (Å²) >= 11 is 3.29. The summed E-state index contributed by atoms with van der Waals surface area (Å²) in [5.74, 6) is -0.207. The maximum atomic E-state index is 11.1. The van der Waals surface area contributed by atoms with Crippen LogP contribution in [0.5, 0.6) is 0 Å². The lowest BCUT2D eigenvalue weighted by molar-refractivity contribution is -0.139. The minimum atomic E-state index is -0.207. The van der Waals surface area contributed by atoms with E-state index in [1.54, 1.807) is 0 Å². The lowest BCUT2D eigenvalue weighted by Crippen LogP contribution is -2.16. The molecular weight excluding hydrogens is 244 g/mol. The van der Waals surface area contributed by atoms with Gasteiger partial charge >= 0.3 is 5.97 Å². The lowest BCUT2D eigenvalue weighted by atomic mass is 10.1. The molecule has 0 aromatic heterocycles. The van der Waals surface area contributed by atoms with Crippen molar-refractivity contribution < 1.29 is 9.53 Å². The van der Waals surface area contributed by atoms with E-state index in [0.29, 0.717) is 0 Å². The number of ether oxygens (including phenoxy) is 1. The number of benzene rings is 1. The number of carbonyl (C=O) groups is 1. The van der Waals surface area contributed by atoms with Crippen LogP contribution in [0.1, 0.15) is 12.0 Å². The molecule has 0 spiro atoms. The molecule has 14 heavy (non-hydrogen) atoms. The average molecular weight is 257 g/mol. The highest BCUT2D eigenvalue weighted by molar-refractivity contribution is 9.10.